The van der Waals surface area contributed by atoms with Crippen LogP contribution < -0.4 is 10.6 Å². The highest BCUT2D eigenvalue weighted by molar-refractivity contribution is 6.39. The van der Waals surface area contributed by atoms with Crippen LogP contribution in [-0.4, -0.2) is 17.4 Å². The molecule has 1 aromatic rings. The van der Waals surface area contributed by atoms with E-state index in [4.69, 9.17) is 0 Å². The van der Waals surface area contributed by atoms with E-state index in [2.05, 4.69) is 10.6 Å². The van der Waals surface area contributed by atoms with Gasteiger partial charge in [0.25, 0.3) is 0 Å². The molecule has 4 fully saturated rings. The van der Waals surface area contributed by atoms with Crippen molar-refractivity contribution in [3.05, 3.63) is 29.8 Å². The zero-order chi connectivity index (χ0) is 18.5. The summed E-state index contributed by atoms with van der Waals surface area (Å²) in [7, 11) is 0. The van der Waals surface area contributed by atoms with Gasteiger partial charge < -0.3 is 10.6 Å². The van der Waals surface area contributed by atoms with Gasteiger partial charge in [0, 0.05) is 11.2 Å². The Labute approximate surface area is 149 Å². The van der Waals surface area contributed by atoms with Gasteiger partial charge in [-0.1, -0.05) is 6.07 Å². The van der Waals surface area contributed by atoms with Crippen LogP contribution >= 0.6 is 0 Å². The second-order valence-electron chi connectivity index (χ2n) is 8.18. The minimum atomic E-state index is -4.50. The fraction of sp³-hybridized carbons (Fsp3) is 0.579. The second kappa shape index (κ2) is 5.99. The standard InChI is InChI=1S/C19H21F3N2O2/c20-19(21,22)14-2-1-3-15(7-14)23-16(25)17(26)24-18-8-11-4-12(9-18)6-13(5-11)10-18/h1-3,7,11-13H,4-6,8-10H2,(H,23,25)(H,24,26). The van der Waals surface area contributed by atoms with Crippen molar-refractivity contribution in [1.29, 1.82) is 0 Å². The van der Waals surface area contributed by atoms with Crippen molar-refractivity contribution in [1.82, 2.24) is 5.32 Å². The summed E-state index contributed by atoms with van der Waals surface area (Å²) in [5.74, 6) is 0.179. The van der Waals surface area contributed by atoms with E-state index >= 15 is 0 Å². The van der Waals surface area contributed by atoms with Crippen LogP contribution in [0.3, 0.4) is 0 Å². The lowest BCUT2D eigenvalue weighted by Gasteiger charge is -2.56. The highest BCUT2D eigenvalue weighted by atomic mass is 19.4. The van der Waals surface area contributed by atoms with Gasteiger partial charge in [-0.15, -0.1) is 0 Å². The Balaban J connectivity index is 1.42. The average molecular weight is 366 g/mol. The first-order chi connectivity index (χ1) is 12.2. The van der Waals surface area contributed by atoms with E-state index in [9.17, 15) is 22.8 Å². The van der Waals surface area contributed by atoms with Crippen LogP contribution in [0.25, 0.3) is 0 Å². The van der Waals surface area contributed by atoms with E-state index in [0.717, 1.165) is 31.4 Å². The Kier molecular flexibility index (Phi) is 4.00. The highest BCUT2D eigenvalue weighted by Crippen LogP contribution is 2.55. The van der Waals surface area contributed by atoms with Crippen molar-refractivity contribution >= 4 is 17.5 Å². The van der Waals surface area contributed by atoms with E-state index in [1.165, 1.54) is 31.4 Å². The molecule has 7 heteroatoms. The van der Waals surface area contributed by atoms with Crippen LogP contribution in [0.5, 0.6) is 0 Å². The molecule has 0 saturated heterocycles. The molecule has 4 aliphatic rings. The van der Waals surface area contributed by atoms with Crippen LogP contribution in [0.2, 0.25) is 0 Å². The number of carbonyl (C=O) groups is 2. The van der Waals surface area contributed by atoms with E-state index in [-0.39, 0.29) is 11.2 Å². The third-order valence-electron chi connectivity index (χ3n) is 6.07. The predicted molar refractivity (Wildman–Crippen MR) is 89.1 cm³/mol. The normalized spacial score (nSPS) is 32.3. The van der Waals surface area contributed by atoms with Gasteiger partial charge in [0.15, 0.2) is 0 Å². The van der Waals surface area contributed by atoms with Crippen LogP contribution in [-0.2, 0) is 15.8 Å². The highest BCUT2D eigenvalue weighted by Gasteiger charge is 2.51. The van der Waals surface area contributed by atoms with E-state index in [0.29, 0.717) is 17.8 Å². The molecule has 0 heterocycles. The summed E-state index contributed by atoms with van der Waals surface area (Å²) in [6, 6.07) is 4.29. The topological polar surface area (TPSA) is 58.2 Å². The number of carbonyl (C=O) groups excluding carboxylic acids is 2. The van der Waals surface area contributed by atoms with Gasteiger partial charge in [-0.3, -0.25) is 9.59 Å². The molecule has 0 aliphatic heterocycles. The first kappa shape index (κ1) is 17.4. The lowest BCUT2D eigenvalue weighted by atomic mass is 9.53. The number of amides is 2. The number of alkyl halides is 3. The molecule has 4 aliphatic carbocycles. The Hall–Kier alpha value is -2.05. The molecule has 4 bridgehead atoms. The third kappa shape index (κ3) is 3.31. The summed E-state index contributed by atoms with van der Waals surface area (Å²) in [4.78, 5) is 24.6. The molecule has 4 nitrogen and oxygen atoms in total. The number of rotatable bonds is 2. The average Bonchev–Trinajstić information content (AvgIpc) is 2.52. The zero-order valence-electron chi connectivity index (χ0n) is 14.2. The van der Waals surface area contributed by atoms with Crippen LogP contribution in [0, 0.1) is 17.8 Å². The summed E-state index contributed by atoms with van der Waals surface area (Å²) in [5.41, 5.74) is -1.21. The summed E-state index contributed by atoms with van der Waals surface area (Å²) in [5, 5.41) is 5.20. The van der Waals surface area contributed by atoms with Gasteiger partial charge >= 0.3 is 18.0 Å². The van der Waals surface area contributed by atoms with Crippen molar-refractivity contribution in [2.75, 3.05) is 5.32 Å². The molecule has 140 valence electrons. The first-order valence-corrected chi connectivity index (χ1v) is 9.03. The van der Waals surface area contributed by atoms with Crippen LogP contribution in [0.1, 0.15) is 44.1 Å². The Bertz CT molecular complexity index is 709. The van der Waals surface area contributed by atoms with Crippen molar-refractivity contribution in [2.45, 2.75) is 50.2 Å². The summed E-state index contributed by atoms with van der Waals surface area (Å²) >= 11 is 0. The molecular weight excluding hydrogens is 345 g/mol. The molecule has 1 aromatic carbocycles. The molecule has 4 saturated carbocycles. The lowest BCUT2D eigenvalue weighted by Crippen LogP contribution is -2.61. The first-order valence-electron chi connectivity index (χ1n) is 9.03. The van der Waals surface area contributed by atoms with E-state index < -0.39 is 23.6 Å². The fourth-order valence-electron chi connectivity index (χ4n) is 5.52. The van der Waals surface area contributed by atoms with E-state index in [1.807, 2.05) is 0 Å². The second-order valence-corrected chi connectivity index (χ2v) is 8.18. The smallest absolute Gasteiger partial charge is 0.342 e. The van der Waals surface area contributed by atoms with Gasteiger partial charge in [-0.05, 0) is 74.5 Å². The quantitative estimate of drug-likeness (QED) is 0.784. The fourth-order valence-corrected chi connectivity index (χ4v) is 5.52. The maximum atomic E-state index is 12.8. The Morgan fingerprint density at radius 1 is 0.962 bits per heavy atom. The SMILES string of the molecule is O=C(Nc1cccc(C(F)(F)F)c1)C(=O)NC12CC3CC(CC(C3)C1)C2. The molecule has 2 amide bonds. The lowest BCUT2D eigenvalue weighted by molar-refractivity contribution is -0.139. The van der Waals surface area contributed by atoms with Gasteiger partial charge in [0.2, 0.25) is 0 Å². The number of halogens is 3. The minimum Gasteiger partial charge on any atom is -0.342 e. The monoisotopic (exact) mass is 366 g/mol. The molecule has 0 unspecified atom stereocenters. The van der Waals surface area contributed by atoms with Crippen molar-refractivity contribution in [3.63, 3.8) is 0 Å². The molecular formula is C19H21F3N2O2. The number of hydrogen-bond donors (Lipinski definition) is 2. The number of benzene rings is 1. The molecule has 2 N–H and O–H groups in total. The number of hydrogen-bond acceptors (Lipinski definition) is 2. The van der Waals surface area contributed by atoms with Crippen LogP contribution in [0.15, 0.2) is 24.3 Å². The maximum absolute atomic E-state index is 12.8. The predicted octanol–water partition coefficient (Wildman–Crippen LogP) is 3.73. The van der Waals surface area contributed by atoms with Gasteiger partial charge in [-0.2, -0.15) is 13.2 Å². The molecule has 0 radical (unpaired) electrons. The number of nitrogens with one attached hydrogen (secondary N) is 2. The van der Waals surface area contributed by atoms with Crippen molar-refractivity contribution in [3.8, 4) is 0 Å². The third-order valence-corrected chi connectivity index (χ3v) is 6.07. The van der Waals surface area contributed by atoms with Gasteiger partial charge in [0.1, 0.15) is 0 Å². The molecule has 26 heavy (non-hydrogen) atoms. The number of anilines is 1. The molecule has 0 aromatic heterocycles. The summed E-state index contributed by atoms with van der Waals surface area (Å²) < 4.78 is 38.3. The minimum absolute atomic E-state index is 0.0366. The Morgan fingerprint density at radius 2 is 1.54 bits per heavy atom. The summed E-state index contributed by atoms with van der Waals surface area (Å²) in [6.07, 6.45) is 1.86. The van der Waals surface area contributed by atoms with Gasteiger partial charge in [-0.25, -0.2) is 0 Å². The molecule has 0 spiro atoms. The zero-order valence-corrected chi connectivity index (χ0v) is 14.2. The maximum Gasteiger partial charge on any atom is 0.416 e. The van der Waals surface area contributed by atoms with E-state index in [1.54, 1.807) is 0 Å². The van der Waals surface area contributed by atoms with Crippen molar-refractivity contribution < 1.29 is 22.8 Å². The largest absolute Gasteiger partial charge is 0.416 e. The van der Waals surface area contributed by atoms with Crippen LogP contribution in [0.4, 0.5) is 18.9 Å². The summed E-state index contributed by atoms with van der Waals surface area (Å²) in [6.45, 7) is 0. The Morgan fingerprint density at radius 3 is 2.08 bits per heavy atom. The molecule has 0 atom stereocenters. The van der Waals surface area contributed by atoms with Gasteiger partial charge in [0.05, 0.1) is 5.56 Å². The molecule has 5 rings (SSSR count). The van der Waals surface area contributed by atoms with Crippen molar-refractivity contribution in [2.24, 2.45) is 17.8 Å².